The van der Waals surface area contributed by atoms with E-state index in [0.29, 0.717) is 22.2 Å². The maximum absolute atomic E-state index is 11.3. The summed E-state index contributed by atoms with van der Waals surface area (Å²) in [6.45, 7) is 29.0. The van der Waals surface area contributed by atoms with Gasteiger partial charge in [0.1, 0.15) is 0 Å². The van der Waals surface area contributed by atoms with Crippen molar-refractivity contribution in [3.05, 3.63) is 0 Å². The summed E-state index contributed by atoms with van der Waals surface area (Å²) in [7, 11) is 0. The van der Waals surface area contributed by atoms with E-state index in [1.807, 2.05) is 0 Å². The van der Waals surface area contributed by atoms with Crippen molar-refractivity contribution in [3.8, 4) is 0 Å². The van der Waals surface area contributed by atoms with Crippen LogP contribution < -0.4 is 0 Å². The van der Waals surface area contributed by atoms with Gasteiger partial charge in [0, 0.05) is 0 Å². The maximum atomic E-state index is 11.3. The van der Waals surface area contributed by atoms with Crippen molar-refractivity contribution in [1.29, 1.82) is 0 Å². The van der Waals surface area contributed by atoms with Crippen LogP contribution in [-0.2, 0) is 0 Å². The van der Waals surface area contributed by atoms with Crippen LogP contribution in [0.2, 0.25) is 0 Å². The predicted molar refractivity (Wildman–Crippen MR) is 172 cm³/mol. The Bertz CT molecular complexity index is 878. The third-order valence-corrected chi connectivity index (χ3v) is 16.1. The molecule has 0 saturated heterocycles. The van der Waals surface area contributed by atoms with Gasteiger partial charge in [0.2, 0.25) is 0 Å². The van der Waals surface area contributed by atoms with Crippen LogP contribution in [0.15, 0.2) is 0 Å². The van der Waals surface area contributed by atoms with E-state index in [-0.39, 0.29) is 6.10 Å². The molecule has 0 heterocycles. The Morgan fingerprint density at radius 3 is 2.17 bits per heavy atom. The lowest BCUT2D eigenvalue weighted by molar-refractivity contribution is -0.247. The van der Waals surface area contributed by atoms with Crippen LogP contribution in [0.25, 0.3) is 0 Å². The molecule has 5 fully saturated rings. The average Bonchev–Trinajstić information content (AvgIpc) is 2.85. The van der Waals surface area contributed by atoms with Crippen LogP contribution in [0, 0.1) is 93.2 Å². The molecular formula is C39H70O. The molecule has 5 aliphatic rings. The topological polar surface area (TPSA) is 20.2 Å². The number of aliphatic hydroxyl groups excluding tert-OH is 1. The van der Waals surface area contributed by atoms with E-state index in [9.17, 15) is 5.11 Å². The summed E-state index contributed by atoms with van der Waals surface area (Å²) in [6.07, 6.45) is 14.7. The third kappa shape index (κ3) is 4.89. The lowest BCUT2D eigenvalue weighted by atomic mass is 9.32. The van der Waals surface area contributed by atoms with E-state index in [4.69, 9.17) is 0 Å². The van der Waals surface area contributed by atoms with Crippen LogP contribution >= 0.6 is 0 Å². The Morgan fingerprint density at radius 1 is 0.825 bits per heavy atom. The fourth-order valence-corrected chi connectivity index (χ4v) is 14.7. The van der Waals surface area contributed by atoms with Crippen LogP contribution in [-0.4, -0.2) is 11.2 Å². The van der Waals surface area contributed by atoms with E-state index in [1.54, 1.807) is 0 Å². The third-order valence-electron chi connectivity index (χ3n) is 16.1. The minimum atomic E-state index is -0.0571. The zero-order valence-corrected chi connectivity index (χ0v) is 28.8. The molecule has 0 aromatic rings. The molecule has 0 bridgehead atoms. The Morgan fingerprint density at radius 2 is 1.52 bits per heavy atom. The molecule has 0 aromatic heterocycles. The van der Waals surface area contributed by atoms with Crippen molar-refractivity contribution in [2.75, 3.05) is 0 Å². The summed E-state index contributed by atoms with van der Waals surface area (Å²) in [6, 6.07) is 0. The van der Waals surface area contributed by atoms with Crippen molar-refractivity contribution in [1.82, 2.24) is 0 Å². The van der Waals surface area contributed by atoms with Gasteiger partial charge >= 0.3 is 0 Å². The fourth-order valence-electron chi connectivity index (χ4n) is 14.7. The average molecular weight is 555 g/mol. The number of rotatable bonds is 5. The van der Waals surface area contributed by atoms with E-state index >= 15 is 0 Å². The van der Waals surface area contributed by atoms with Crippen molar-refractivity contribution in [3.63, 3.8) is 0 Å². The van der Waals surface area contributed by atoms with Gasteiger partial charge in [-0.15, -0.1) is 0 Å². The summed E-state index contributed by atoms with van der Waals surface area (Å²) in [4.78, 5) is 0. The van der Waals surface area contributed by atoms with Gasteiger partial charge in [-0.2, -0.15) is 0 Å². The Labute approximate surface area is 250 Å². The summed E-state index contributed by atoms with van der Waals surface area (Å²) in [5.41, 5.74) is 1.33. The quantitative estimate of drug-likeness (QED) is 0.358. The normalized spacial score (nSPS) is 55.7. The second-order valence-corrected chi connectivity index (χ2v) is 18.6. The zero-order chi connectivity index (χ0) is 29.4. The first kappa shape index (κ1) is 31.4. The van der Waals surface area contributed by atoms with Crippen LogP contribution in [0.1, 0.15) is 147 Å². The minimum absolute atomic E-state index is 0.0571. The molecule has 1 N–H and O–H groups in total. The van der Waals surface area contributed by atoms with Gasteiger partial charge in [0.05, 0.1) is 6.10 Å². The maximum Gasteiger partial charge on any atom is 0.0568 e. The highest BCUT2D eigenvalue weighted by molar-refractivity contribution is 5.17. The van der Waals surface area contributed by atoms with Gasteiger partial charge in [0.15, 0.2) is 0 Å². The second-order valence-electron chi connectivity index (χ2n) is 18.6. The molecule has 0 amide bonds. The van der Waals surface area contributed by atoms with Crippen molar-refractivity contribution < 1.29 is 5.11 Å². The molecule has 1 nitrogen and oxygen atoms in total. The first-order valence-corrected chi connectivity index (χ1v) is 18.3. The van der Waals surface area contributed by atoms with Gasteiger partial charge in [-0.05, 0) is 145 Å². The molecule has 5 aliphatic carbocycles. The van der Waals surface area contributed by atoms with Crippen LogP contribution in [0.3, 0.4) is 0 Å². The summed E-state index contributed by atoms with van der Waals surface area (Å²) in [5, 5.41) is 11.3. The zero-order valence-electron chi connectivity index (χ0n) is 28.8. The molecule has 16 unspecified atom stereocenters. The smallest absolute Gasteiger partial charge is 0.0568 e. The highest BCUT2D eigenvalue weighted by Gasteiger charge is 2.68. The fraction of sp³-hybridized carbons (Fsp3) is 1.00. The van der Waals surface area contributed by atoms with Gasteiger partial charge in [-0.3, -0.25) is 0 Å². The Kier molecular flexibility index (Phi) is 8.75. The molecule has 5 rings (SSSR count). The van der Waals surface area contributed by atoms with Gasteiger partial charge in [0.25, 0.3) is 0 Å². The Balaban J connectivity index is 1.39. The number of aliphatic hydroxyl groups is 1. The van der Waals surface area contributed by atoms with E-state index in [2.05, 4.69) is 76.2 Å². The largest absolute Gasteiger partial charge is 0.393 e. The van der Waals surface area contributed by atoms with Gasteiger partial charge < -0.3 is 5.11 Å². The van der Waals surface area contributed by atoms with Crippen molar-refractivity contribution in [2.45, 2.75) is 153 Å². The monoisotopic (exact) mass is 555 g/mol. The lowest BCUT2D eigenvalue weighted by Gasteiger charge is -2.73. The molecule has 40 heavy (non-hydrogen) atoms. The molecule has 0 aromatic carbocycles. The summed E-state index contributed by atoms with van der Waals surface area (Å²) in [5.74, 6) is 10.6. The van der Waals surface area contributed by atoms with Crippen molar-refractivity contribution >= 4 is 0 Å². The lowest BCUT2D eigenvalue weighted by Crippen LogP contribution is -2.67. The summed E-state index contributed by atoms with van der Waals surface area (Å²) >= 11 is 0. The molecule has 232 valence electrons. The standard InChI is InChI=1S/C39H70O/c1-23(2)34-26(5)20-38(10)22-37(9)21-32-30(17-18-33(40)31-14-12-13-24(3)19-31)16-15-25(4)35(32)27(6)36(37)29(8)39(38,11)28(34)7/h23-36,40H,12-22H2,1-11H3. The van der Waals surface area contributed by atoms with Crippen LogP contribution in [0.5, 0.6) is 0 Å². The van der Waals surface area contributed by atoms with E-state index in [0.717, 1.165) is 77.4 Å². The highest BCUT2D eigenvalue weighted by atomic mass is 16.3. The molecule has 1 heteroatoms. The van der Waals surface area contributed by atoms with Gasteiger partial charge in [-0.25, -0.2) is 0 Å². The van der Waals surface area contributed by atoms with Crippen molar-refractivity contribution in [2.24, 2.45) is 93.2 Å². The summed E-state index contributed by atoms with van der Waals surface area (Å²) < 4.78 is 0. The molecule has 16 atom stereocenters. The Hall–Kier alpha value is -0.0400. The minimum Gasteiger partial charge on any atom is -0.393 e. The number of fused-ring (bicyclic) bond motifs is 3. The second kappa shape index (κ2) is 11.1. The molecular weight excluding hydrogens is 484 g/mol. The number of hydrogen-bond acceptors (Lipinski definition) is 1. The molecule has 0 spiro atoms. The van der Waals surface area contributed by atoms with Crippen LogP contribution in [0.4, 0.5) is 0 Å². The first-order valence-electron chi connectivity index (χ1n) is 18.3. The number of hydrogen-bond donors (Lipinski definition) is 1. The first-order chi connectivity index (χ1) is 18.6. The van der Waals surface area contributed by atoms with E-state index in [1.165, 1.54) is 64.2 Å². The molecule has 0 radical (unpaired) electrons. The van der Waals surface area contributed by atoms with Gasteiger partial charge in [-0.1, -0.05) is 95.4 Å². The SMILES string of the molecule is CC1CCCC(C(O)CCC2CCC(C)C3C(C)C4C(C)C5(C)C(C)C(C(C)C)C(C)CC5(C)CC4(C)CC23)C1. The molecule has 0 aliphatic heterocycles. The predicted octanol–water partition coefficient (Wildman–Crippen LogP) is 10.9. The van der Waals surface area contributed by atoms with E-state index < -0.39 is 0 Å². The molecule has 5 saturated carbocycles. The highest BCUT2D eigenvalue weighted by Crippen LogP contribution is 2.75.